The van der Waals surface area contributed by atoms with Crippen molar-refractivity contribution >= 4 is 51.5 Å². The standard InChI is InChI=1S/C21H19ClN4OS/c1-10-2-3-24-6-13(10)11-4-17(23)14-7-25-18(5-12(14)20(11)22)26-21(27)19-15-8-28-9-16(15)19/h2-7,15-16,19H,8-9,23H2,1H3,(H,25,26,27)/t15-,16+,19+. The highest BCUT2D eigenvalue weighted by molar-refractivity contribution is 7.99. The van der Waals surface area contributed by atoms with Crippen LogP contribution in [0.1, 0.15) is 5.56 Å². The van der Waals surface area contributed by atoms with E-state index in [-0.39, 0.29) is 11.8 Å². The summed E-state index contributed by atoms with van der Waals surface area (Å²) in [5.74, 6) is 3.94. The molecule has 2 aromatic heterocycles. The van der Waals surface area contributed by atoms with Crippen molar-refractivity contribution in [2.75, 3.05) is 22.6 Å². The molecule has 1 amide bonds. The van der Waals surface area contributed by atoms with E-state index in [1.165, 1.54) is 0 Å². The number of fused-ring (bicyclic) bond motifs is 2. The van der Waals surface area contributed by atoms with Crippen LogP contribution in [-0.2, 0) is 4.79 Å². The molecule has 2 aliphatic rings. The Labute approximate surface area is 172 Å². The van der Waals surface area contributed by atoms with Gasteiger partial charge in [-0.2, -0.15) is 11.8 Å². The molecule has 0 spiro atoms. The van der Waals surface area contributed by atoms with Crippen molar-refractivity contribution in [3.63, 3.8) is 0 Å². The molecule has 2 fully saturated rings. The number of halogens is 1. The van der Waals surface area contributed by atoms with E-state index >= 15 is 0 Å². The van der Waals surface area contributed by atoms with Crippen LogP contribution in [0.25, 0.3) is 21.9 Å². The van der Waals surface area contributed by atoms with Gasteiger partial charge in [-0.15, -0.1) is 0 Å². The Kier molecular flexibility index (Phi) is 4.21. The van der Waals surface area contributed by atoms with E-state index in [9.17, 15) is 4.79 Å². The lowest BCUT2D eigenvalue weighted by molar-refractivity contribution is -0.117. The molecule has 3 atom stereocenters. The summed E-state index contributed by atoms with van der Waals surface area (Å²) >= 11 is 8.69. The van der Waals surface area contributed by atoms with Crippen molar-refractivity contribution in [1.29, 1.82) is 0 Å². The summed E-state index contributed by atoms with van der Waals surface area (Å²) in [5, 5.41) is 5.10. The Hall–Kier alpha value is -2.31. The SMILES string of the molecule is Cc1ccncc1-c1cc(N)c2cnc(NC(=O)[C@H]3[C@@H]4CSC[C@@H]43)cc2c1Cl. The van der Waals surface area contributed by atoms with Crippen molar-refractivity contribution in [2.45, 2.75) is 6.92 Å². The van der Waals surface area contributed by atoms with Crippen molar-refractivity contribution in [2.24, 2.45) is 17.8 Å². The predicted molar refractivity (Wildman–Crippen MR) is 116 cm³/mol. The van der Waals surface area contributed by atoms with E-state index in [2.05, 4.69) is 15.3 Å². The van der Waals surface area contributed by atoms with Crippen molar-refractivity contribution < 1.29 is 4.79 Å². The molecule has 1 saturated carbocycles. The number of aromatic nitrogens is 2. The molecule has 0 unspecified atom stereocenters. The van der Waals surface area contributed by atoms with Gasteiger partial charge in [-0.25, -0.2) is 4.98 Å². The number of hydrogen-bond acceptors (Lipinski definition) is 5. The first-order chi connectivity index (χ1) is 13.5. The first-order valence-electron chi connectivity index (χ1n) is 9.22. The lowest BCUT2D eigenvalue weighted by Gasteiger charge is -2.13. The number of nitrogen functional groups attached to an aromatic ring is 1. The Bertz CT molecular complexity index is 1110. The zero-order chi connectivity index (χ0) is 19.4. The number of benzene rings is 1. The average Bonchev–Trinajstić information content (AvgIpc) is 3.18. The van der Waals surface area contributed by atoms with E-state index in [1.807, 2.05) is 36.9 Å². The molecule has 5 rings (SSSR count). The third-order valence-corrected chi connectivity index (χ3v) is 7.47. The third-order valence-electron chi connectivity index (χ3n) is 5.82. The van der Waals surface area contributed by atoms with Crippen LogP contribution in [0.5, 0.6) is 0 Å². The van der Waals surface area contributed by atoms with Gasteiger partial charge in [0.15, 0.2) is 0 Å². The van der Waals surface area contributed by atoms with E-state index in [0.29, 0.717) is 28.4 Å². The van der Waals surface area contributed by atoms with E-state index in [4.69, 9.17) is 17.3 Å². The van der Waals surface area contributed by atoms with Gasteiger partial charge in [-0.1, -0.05) is 11.6 Å². The number of pyridine rings is 2. The van der Waals surface area contributed by atoms with Crippen LogP contribution in [0.3, 0.4) is 0 Å². The van der Waals surface area contributed by atoms with Crippen LogP contribution in [0.4, 0.5) is 11.5 Å². The Morgan fingerprint density at radius 3 is 2.75 bits per heavy atom. The second kappa shape index (κ2) is 6.64. The van der Waals surface area contributed by atoms with Crippen LogP contribution in [0.2, 0.25) is 5.02 Å². The fourth-order valence-corrected chi connectivity index (χ4v) is 6.06. The Morgan fingerprint density at radius 1 is 1.21 bits per heavy atom. The number of nitrogens with one attached hydrogen (secondary N) is 1. The van der Waals surface area contributed by atoms with E-state index in [0.717, 1.165) is 39.0 Å². The van der Waals surface area contributed by atoms with Gasteiger partial charge in [-0.05, 0) is 54.0 Å². The minimum Gasteiger partial charge on any atom is -0.398 e. The summed E-state index contributed by atoms with van der Waals surface area (Å²) in [6, 6.07) is 5.61. The predicted octanol–water partition coefficient (Wildman–Crippen LogP) is 4.39. The molecule has 7 heteroatoms. The summed E-state index contributed by atoms with van der Waals surface area (Å²) in [5.41, 5.74) is 9.70. The van der Waals surface area contributed by atoms with Gasteiger partial charge < -0.3 is 11.1 Å². The Balaban J connectivity index is 1.52. The lowest BCUT2D eigenvalue weighted by Crippen LogP contribution is -2.18. The van der Waals surface area contributed by atoms with Gasteiger partial charge in [-0.3, -0.25) is 9.78 Å². The number of thioether (sulfide) groups is 1. The number of nitrogens with two attached hydrogens (primary N) is 1. The maximum absolute atomic E-state index is 12.6. The van der Waals surface area contributed by atoms with Crippen LogP contribution < -0.4 is 11.1 Å². The number of carbonyl (C=O) groups is 1. The number of anilines is 2. The van der Waals surface area contributed by atoms with Crippen molar-refractivity contribution in [1.82, 2.24) is 9.97 Å². The van der Waals surface area contributed by atoms with Gasteiger partial charge in [0, 0.05) is 52.1 Å². The highest BCUT2D eigenvalue weighted by Gasteiger charge is 2.57. The van der Waals surface area contributed by atoms with Crippen molar-refractivity contribution in [3.8, 4) is 11.1 Å². The first kappa shape index (κ1) is 17.8. The number of carbonyl (C=O) groups excluding carboxylic acids is 1. The second-order valence-corrected chi connectivity index (χ2v) is 8.97. The summed E-state index contributed by atoms with van der Waals surface area (Å²) in [6.45, 7) is 2.01. The first-order valence-corrected chi connectivity index (χ1v) is 10.7. The lowest BCUT2D eigenvalue weighted by atomic mass is 9.99. The van der Waals surface area contributed by atoms with Gasteiger partial charge >= 0.3 is 0 Å². The normalized spacial score (nSPS) is 22.9. The van der Waals surface area contributed by atoms with Crippen molar-refractivity contribution in [3.05, 3.63) is 47.4 Å². The smallest absolute Gasteiger partial charge is 0.229 e. The van der Waals surface area contributed by atoms with Gasteiger partial charge in [0.25, 0.3) is 0 Å². The molecular weight excluding hydrogens is 392 g/mol. The molecule has 1 saturated heterocycles. The second-order valence-electron chi connectivity index (χ2n) is 7.51. The molecule has 3 heterocycles. The molecule has 0 bridgehead atoms. The van der Waals surface area contributed by atoms with Crippen LogP contribution in [0.15, 0.2) is 36.8 Å². The molecule has 0 radical (unpaired) electrons. The Morgan fingerprint density at radius 2 is 2.00 bits per heavy atom. The quantitative estimate of drug-likeness (QED) is 0.626. The van der Waals surface area contributed by atoms with E-state index < -0.39 is 0 Å². The highest BCUT2D eigenvalue weighted by atomic mass is 35.5. The topological polar surface area (TPSA) is 80.9 Å². The molecule has 1 aliphatic heterocycles. The summed E-state index contributed by atoms with van der Waals surface area (Å²) < 4.78 is 0. The monoisotopic (exact) mass is 410 g/mol. The maximum atomic E-state index is 12.6. The number of aryl methyl sites for hydroxylation is 1. The van der Waals surface area contributed by atoms with Crippen LogP contribution >= 0.6 is 23.4 Å². The van der Waals surface area contributed by atoms with Gasteiger partial charge in [0.05, 0.1) is 5.02 Å². The largest absolute Gasteiger partial charge is 0.398 e. The summed E-state index contributed by atoms with van der Waals surface area (Å²) in [4.78, 5) is 21.2. The molecule has 3 N–H and O–H groups in total. The fourth-order valence-electron chi connectivity index (χ4n) is 4.16. The molecular formula is C21H19ClN4OS. The maximum Gasteiger partial charge on any atom is 0.229 e. The number of amides is 1. The summed E-state index contributed by atoms with van der Waals surface area (Å²) in [6.07, 6.45) is 5.21. The number of nitrogens with zero attached hydrogens (tertiary/aromatic N) is 2. The molecule has 5 nitrogen and oxygen atoms in total. The molecule has 28 heavy (non-hydrogen) atoms. The summed E-state index contributed by atoms with van der Waals surface area (Å²) in [7, 11) is 0. The van der Waals surface area contributed by atoms with Crippen LogP contribution in [-0.4, -0.2) is 27.4 Å². The third kappa shape index (κ3) is 2.83. The molecule has 3 aromatic rings. The fraction of sp³-hybridized carbons (Fsp3) is 0.286. The minimum atomic E-state index is 0.0607. The van der Waals surface area contributed by atoms with E-state index in [1.54, 1.807) is 18.6 Å². The molecule has 142 valence electrons. The molecule has 1 aliphatic carbocycles. The molecule has 1 aromatic carbocycles. The zero-order valence-electron chi connectivity index (χ0n) is 15.3. The van der Waals surface area contributed by atoms with Crippen LogP contribution in [0, 0.1) is 24.7 Å². The van der Waals surface area contributed by atoms with Gasteiger partial charge in [0.1, 0.15) is 5.82 Å². The number of hydrogen-bond donors (Lipinski definition) is 2. The number of rotatable bonds is 3. The zero-order valence-corrected chi connectivity index (χ0v) is 16.8. The van der Waals surface area contributed by atoms with Gasteiger partial charge in [0.2, 0.25) is 5.91 Å². The average molecular weight is 411 g/mol. The minimum absolute atomic E-state index is 0.0607. The highest BCUT2D eigenvalue weighted by Crippen LogP contribution is 2.55.